The molecule has 2 aromatic rings. The van der Waals surface area contributed by atoms with Crippen molar-refractivity contribution in [2.24, 2.45) is 0 Å². The lowest BCUT2D eigenvalue weighted by atomic mass is 10.1. The SMILES string of the molecule is Cc1cc(CNC(=O)Nc2ccc(F)cc2)ccc1F. The summed E-state index contributed by atoms with van der Waals surface area (Å²) in [7, 11) is 0. The maximum atomic E-state index is 13.1. The highest BCUT2D eigenvalue weighted by atomic mass is 19.1. The zero-order valence-corrected chi connectivity index (χ0v) is 10.9. The maximum Gasteiger partial charge on any atom is 0.319 e. The number of aryl methyl sites for hydroxylation is 1. The first kappa shape index (κ1) is 14.0. The lowest BCUT2D eigenvalue weighted by Crippen LogP contribution is -2.28. The predicted molar refractivity (Wildman–Crippen MR) is 73.4 cm³/mol. The molecule has 20 heavy (non-hydrogen) atoms. The number of nitrogens with one attached hydrogen (secondary N) is 2. The number of anilines is 1. The maximum absolute atomic E-state index is 13.1. The van der Waals surface area contributed by atoms with Gasteiger partial charge in [-0.15, -0.1) is 0 Å². The molecular weight excluding hydrogens is 262 g/mol. The number of rotatable bonds is 3. The molecule has 0 radical (unpaired) electrons. The van der Waals surface area contributed by atoms with Gasteiger partial charge in [0.2, 0.25) is 0 Å². The molecule has 104 valence electrons. The van der Waals surface area contributed by atoms with Crippen molar-refractivity contribution in [3.8, 4) is 0 Å². The number of hydrogen-bond acceptors (Lipinski definition) is 1. The molecule has 0 aliphatic rings. The van der Waals surface area contributed by atoms with Crippen LogP contribution in [0.1, 0.15) is 11.1 Å². The Labute approximate surface area is 115 Å². The van der Waals surface area contributed by atoms with Gasteiger partial charge in [-0.2, -0.15) is 0 Å². The highest BCUT2D eigenvalue weighted by Gasteiger charge is 2.03. The Balaban J connectivity index is 1.88. The third-order valence-electron chi connectivity index (χ3n) is 2.78. The molecule has 0 aliphatic heterocycles. The van der Waals surface area contributed by atoms with E-state index < -0.39 is 6.03 Å². The Morgan fingerprint density at radius 3 is 2.45 bits per heavy atom. The third kappa shape index (κ3) is 3.78. The predicted octanol–water partition coefficient (Wildman–Crippen LogP) is 3.59. The van der Waals surface area contributed by atoms with Crippen LogP contribution in [0.5, 0.6) is 0 Å². The van der Waals surface area contributed by atoms with Gasteiger partial charge in [-0.3, -0.25) is 0 Å². The van der Waals surface area contributed by atoms with Gasteiger partial charge in [-0.05, 0) is 48.4 Å². The fraction of sp³-hybridized carbons (Fsp3) is 0.133. The normalized spacial score (nSPS) is 10.2. The Hall–Kier alpha value is -2.43. The highest BCUT2D eigenvalue weighted by Crippen LogP contribution is 2.10. The van der Waals surface area contributed by atoms with Crippen LogP contribution in [0.3, 0.4) is 0 Å². The molecule has 5 heteroatoms. The van der Waals surface area contributed by atoms with Crippen molar-refractivity contribution in [2.75, 3.05) is 5.32 Å². The van der Waals surface area contributed by atoms with Crippen molar-refractivity contribution in [1.82, 2.24) is 5.32 Å². The van der Waals surface area contributed by atoms with E-state index in [0.29, 0.717) is 11.3 Å². The molecule has 0 atom stereocenters. The van der Waals surface area contributed by atoms with E-state index in [2.05, 4.69) is 10.6 Å². The fourth-order valence-corrected chi connectivity index (χ4v) is 1.71. The molecular formula is C15H14F2N2O. The standard InChI is InChI=1S/C15H14F2N2O/c1-10-8-11(2-7-14(10)17)9-18-15(20)19-13-5-3-12(16)4-6-13/h2-8H,9H2,1H3,(H2,18,19,20). The molecule has 2 N–H and O–H groups in total. The van der Waals surface area contributed by atoms with Crippen LogP contribution in [0.15, 0.2) is 42.5 Å². The second-order valence-corrected chi connectivity index (χ2v) is 4.40. The van der Waals surface area contributed by atoms with E-state index in [1.807, 2.05) is 0 Å². The minimum atomic E-state index is -0.404. The molecule has 3 nitrogen and oxygen atoms in total. The van der Waals surface area contributed by atoms with Crippen LogP contribution >= 0.6 is 0 Å². The number of carbonyl (C=O) groups excluding carboxylic acids is 1. The summed E-state index contributed by atoms with van der Waals surface area (Å²) in [5, 5.41) is 5.22. The highest BCUT2D eigenvalue weighted by molar-refractivity contribution is 5.89. The number of hydrogen-bond donors (Lipinski definition) is 2. The smallest absolute Gasteiger partial charge is 0.319 e. The van der Waals surface area contributed by atoms with Gasteiger partial charge in [0.15, 0.2) is 0 Å². The molecule has 2 amide bonds. The van der Waals surface area contributed by atoms with Crippen molar-refractivity contribution < 1.29 is 13.6 Å². The van der Waals surface area contributed by atoms with Gasteiger partial charge >= 0.3 is 6.03 Å². The molecule has 0 fully saturated rings. The van der Waals surface area contributed by atoms with Crippen molar-refractivity contribution in [1.29, 1.82) is 0 Å². The zero-order chi connectivity index (χ0) is 14.5. The number of halogens is 2. The second kappa shape index (κ2) is 6.14. The van der Waals surface area contributed by atoms with E-state index in [-0.39, 0.29) is 18.2 Å². The summed E-state index contributed by atoms with van der Waals surface area (Å²) in [5.74, 6) is -0.637. The van der Waals surface area contributed by atoms with E-state index in [0.717, 1.165) is 5.56 Å². The third-order valence-corrected chi connectivity index (χ3v) is 2.78. The van der Waals surface area contributed by atoms with Gasteiger partial charge in [-0.1, -0.05) is 12.1 Å². The van der Waals surface area contributed by atoms with Crippen molar-refractivity contribution in [3.63, 3.8) is 0 Å². The fourth-order valence-electron chi connectivity index (χ4n) is 1.71. The average molecular weight is 276 g/mol. The van der Waals surface area contributed by atoms with Gasteiger partial charge in [0, 0.05) is 12.2 Å². The first-order chi connectivity index (χ1) is 9.54. The molecule has 2 aromatic carbocycles. The van der Waals surface area contributed by atoms with Gasteiger partial charge in [0.05, 0.1) is 0 Å². The van der Waals surface area contributed by atoms with Gasteiger partial charge < -0.3 is 10.6 Å². The number of urea groups is 1. The van der Waals surface area contributed by atoms with E-state index in [9.17, 15) is 13.6 Å². The van der Waals surface area contributed by atoms with Gasteiger partial charge in [-0.25, -0.2) is 13.6 Å². The quantitative estimate of drug-likeness (QED) is 0.883. The van der Waals surface area contributed by atoms with Crippen LogP contribution in [-0.2, 0) is 6.54 Å². The van der Waals surface area contributed by atoms with E-state index in [4.69, 9.17) is 0 Å². The second-order valence-electron chi connectivity index (χ2n) is 4.40. The minimum absolute atomic E-state index is 0.274. The van der Waals surface area contributed by atoms with E-state index in [1.165, 1.54) is 30.3 Å². The van der Waals surface area contributed by atoms with Crippen LogP contribution in [0, 0.1) is 18.6 Å². The Morgan fingerprint density at radius 2 is 1.80 bits per heavy atom. The molecule has 0 aromatic heterocycles. The summed E-state index contributed by atoms with van der Waals surface area (Å²) in [4.78, 5) is 11.6. The molecule has 0 aliphatic carbocycles. The van der Waals surface area contributed by atoms with Crippen molar-refractivity contribution in [3.05, 3.63) is 65.2 Å². The van der Waals surface area contributed by atoms with Gasteiger partial charge in [0.1, 0.15) is 11.6 Å². The van der Waals surface area contributed by atoms with Crippen molar-refractivity contribution in [2.45, 2.75) is 13.5 Å². The Morgan fingerprint density at radius 1 is 1.10 bits per heavy atom. The summed E-state index contributed by atoms with van der Waals surface area (Å²) in [6, 6.07) is 9.71. The topological polar surface area (TPSA) is 41.1 Å². The number of amides is 2. The van der Waals surface area contributed by atoms with Crippen LogP contribution in [-0.4, -0.2) is 6.03 Å². The molecule has 0 bridgehead atoms. The molecule has 0 spiro atoms. The Bertz CT molecular complexity index is 612. The summed E-state index contributed by atoms with van der Waals surface area (Å²) in [6.07, 6.45) is 0. The number of benzene rings is 2. The lowest BCUT2D eigenvalue weighted by molar-refractivity contribution is 0.251. The largest absolute Gasteiger partial charge is 0.334 e. The molecule has 0 unspecified atom stereocenters. The van der Waals surface area contributed by atoms with E-state index in [1.54, 1.807) is 19.1 Å². The van der Waals surface area contributed by atoms with Crippen molar-refractivity contribution >= 4 is 11.7 Å². The minimum Gasteiger partial charge on any atom is -0.334 e. The molecule has 0 saturated heterocycles. The van der Waals surface area contributed by atoms with Crippen LogP contribution in [0.4, 0.5) is 19.3 Å². The monoisotopic (exact) mass is 276 g/mol. The van der Waals surface area contributed by atoms with Crippen LogP contribution in [0.25, 0.3) is 0 Å². The van der Waals surface area contributed by atoms with E-state index >= 15 is 0 Å². The van der Waals surface area contributed by atoms with Crippen LogP contribution < -0.4 is 10.6 Å². The molecule has 2 rings (SSSR count). The Kier molecular flexibility index (Phi) is 4.30. The lowest BCUT2D eigenvalue weighted by Gasteiger charge is -2.08. The number of carbonyl (C=O) groups is 1. The molecule has 0 heterocycles. The first-order valence-electron chi connectivity index (χ1n) is 6.10. The first-order valence-corrected chi connectivity index (χ1v) is 6.10. The van der Waals surface area contributed by atoms with Crippen LogP contribution in [0.2, 0.25) is 0 Å². The summed E-state index contributed by atoms with van der Waals surface area (Å²) in [5.41, 5.74) is 1.83. The van der Waals surface area contributed by atoms with Gasteiger partial charge in [0.25, 0.3) is 0 Å². The average Bonchev–Trinajstić information content (AvgIpc) is 2.43. The summed E-state index contributed by atoms with van der Waals surface area (Å²) < 4.78 is 25.8. The summed E-state index contributed by atoms with van der Waals surface area (Å²) in [6.45, 7) is 1.95. The summed E-state index contributed by atoms with van der Waals surface area (Å²) >= 11 is 0. The zero-order valence-electron chi connectivity index (χ0n) is 10.9. The molecule has 0 saturated carbocycles.